The van der Waals surface area contributed by atoms with E-state index in [2.05, 4.69) is 39.5 Å². The topological polar surface area (TPSA) is 105 Å². The first kappa shape index (κ1) is 18.8. The second-order valence-corrected chi connectivity index (χ2v) is 8.64. The van der Waals surface area contributed by atoms with Gasteiger partial charge in [-0.1, -0.05) is 12.1 Å². The van der Waals surface area contributed by atoms with Gasteiger partial charge in [-0.3, -0.25) is 0 Å². The molecule has 2 saturated heterocycles. The van der Waals surface area contributed by atoms with Crippen molar-refractivity contribution < 1.29 is 4.74 Å². The summed E-state index contributed by atoms with van der Waals surface area (Å²) in [5.41, 5.74) is 12.3. The Balaban J connectivity index is 1.28. The minimum absolute atomic E-state index is 0.397. The summed E-state index contributed by atoms with van der Waals surface area (Å²) in [5.74, 6) is 0.671. The maximum atomic E-state index is 7.44. The summed E-state index contributed by atoms with van der Waals surface area (Å²) in [7, 11) is 0. The quantitative estimate of drug-likeness (QED) is 0.334. The fourth-order valence-corrected chi connectivity index (χ4v) is 4.43. The van der Waals surface area contributed by atoms with Crippen molar-refractivity contribution in [3.63, 3.8) is 0 Å². The number of anilines is 4. The molecule has 4 aromatic rings. The maximum Gasteiger partial charge on any atom is 0.180 e. The molecule has 0 bridgehead atoms. The van der Waals surface area contributed by atoms with E-state index in [9.17, 15) is 0 Å². The van der Waals surface area contributed by atoms with Gasteiger partial charge in [-0.2, -0.15) is 0 Å². The van der Waals surface area contributed by atoms with Gasteiger partial charge in [-0.05, 0) is 30.3 Å². The molecule has 0 radical (unpaired) electrons. The molecule has 0 saturated carbocycles. The first-order valence-corrected chi connectivity index (χ1v) is 10.6. The molecule has 8 nitrogen and oxygen atoms in total. The highest BCUT2D eigenvalue weighted by Crippen LogP contribution is 2.40. The fourth-order valence-electron chi connectivity index (χ4n) is 4.43. The highest BCUT2D eigenvalue weighted by Gasteiger charge is 2.48. The lowest BCUT2D eigenvalue weighted by atomic mass is 9.78. The smallest absolute Gasteiger partial charge is 0.180 e. The van der Waals surface area contributed by atoms with E-state index in [4.69, 9.17) is 20.9 Å². The first-order valence-electron chi connectivity index (χ1n) is 10.6. The number of nitrogens with two attached hydrogens (primary N) is 1. The van der Waals surface area contributed by atoms with Crippen LogP contribution < -0.4 is 16.0 Å². The van der Waals surface area contributed by atoms with E-state index in [-0.39, 0.29) is 0 Å². The van der Waals surface area contributed by atoms with Gasteiger partial charge in [0.1, 0.15) is 0 Å². The summed E-state index contributed by atoms with van der Waals surface area (Å²) in [6.45, 7) is 3.92. The van der Waals surface area contributed by atoms with E-state index in [0.29, 0.717) is 22.5 Å². The van der Waals surface area contributed by atoms with Gasteiger partial charge in [0, 0.05) is 66.1 Å². The van der Waals surface area contributed by atoms with Crippen molar-refractivity contribution in [2.45, 2.75) is 0 Å². The molecule has 8 heteroatoms. The van der Waals surface area contributed by atoms with Crippen molar-refractivity contribution in [1.29, 1.82) is 5.41 Å². The highest BCUT2D eigenvalue weighted by atomic mass is 16.5. The van der Waals surface area contributed by atoms with Gasteiger partial charge in [0.15, 0.2) is 11.5 Å². The molecule has 2 aromatic carbocycles. The molecule has 2 aliphatic rings. The zero-order chi connectivity index (χ0) is 21.7. The normalized spacial score (nSPS) is 16.6. The van der Waals surface area contributed by atoms with Crippen LogP contribution in [0, 0.1) is 10.8 Å². The second kappa shape index (κ2) is 7.06. The molecule has 32 heavy (non-hydrogen) atoms. The lowest BCUT2D eigenvalue weighted by molar-refractivity contribution is -0.127. The van der Waals surface area contributed by atoms with E-state index in [1.165, 1.54) is 11.9 Å². The van der Waals surface area contributed by atoms with Crippen LogP contribution in [-0.2, 0) is 4.74 Å². The van der Waals surface area contributed by atoms with E-state index in [0.717, 1.165) is 48.9 Å². The van der Waals surface area contributed by atoms with Crippen LogP contribution in [0.4, 0.5) is 22.9 Å². The average molecular weight is 425 g/mol. The lowest BCUT2D eigenvalue weighted by Crippen LogP contribution is -2.66. The molecule has 0 atom stereocenters. The molecule has 6 rings (SSSR count). The van der Waals surface area contributed by atoms with Crippen molar-refractivity contribution in [2.75, 3.05) is 42.3 Å². The minimum atomic E-state index is 0.397. The third kappa shape index (κ3) is 3.07. The minimum Gasteiger partial charge on any atom is -0.398 e. The van der Waals surface area contributed by atoms with Gasteiger partial charge < -0.3 is 30.5 Å². The Morgan fingerprint density at radius 1 is 1.12 bits per heavy atom. The van der Waals surface area contributed by atoms with Crippen molar-refractivity contribution in [3.05, 3.63) is 66.6 Å². The molecule has 2 fully saturated rings. The van der Waals surface area contributed by atoms with E-state index in [1.807, 2.05) is 35.0 Å². The predicted molar refractivity (Wildman–Crippen MR) is 126 cm³/mol. The van der Waals surface area contributed by atoms with Gasteiger partial charge in [-0.25, -0.2) is 9.97 Å². The Morgan fingerprint density at radius 2 is 1.94 bits per heavy atom. The van der Waals surface area contributed by atoms with Crippen molar-refractivity contribution >= 4 is 34.7 Å². The van der Waals surface area contributed by atoms with Gasteiger partial charge >= 0.3 is 0 Å². The summed E-state index contributed by atoms with van der Waals surface area (Å²) in [6.07, 6.45) is 6.83. The Hall–Kier alpha value is -3.91. The summed E-state index contributed by atoms with van der Waals surface area (Å²) in [5, 5.41) is 10.9. The number of nitrogens with zero attached hydrogens (tertiary/aromatic N) is 4. The molecule has 1 spiro atoms. The number of imidazole rings is 1. The summed E-state index contributed by atoms with van der Waals surface area (Å²) in [6, 6.07) is 14.0. The number of fused-ring (bicyclic) bond motifs is 1. The zero-order valence-corrected chi connectivity index (χ0v) is 17.5. The predicted octanol–water partition coefficient (Wildman–Crippen LogP) is 3.56. The number of nitrogens with one attached hydrogen (secondary N) is 2. The molecule has 160 valence electrons. The van der Waals surface area contributed by atoms with Gasteiger partial charge in [0.2, 0.25) is 0 Å². The zero-order valence-electron chi connectivity index (χ0n) is 17.5. The maximum absolute atomic E-state index is 7.44. The first-order chi connectivity index (χ1) is 15.6. The number of hydrogen-bond donors (Lipinski definition) is 3. The third-order valence-corrected chi connectivity index (χ3v) is 6.28. The van der Waals surface area contributed by atoms with Crippen molar-refractivity contribution in [1.82, 2.24) is 14.4 Å². The molecule has 0 amide bonds. The van der Waals surface area contributed by atoms with Crippen LogP contribution in [0.5, 0.6) is 0 Å². The molecule has 2 aliphatic heterocycles. The van der Waals surface area contributed by atoms with E-state index in [1.54, 1.807) is 6.20 Å². The van der Waals surface area contributed by atoms with Gasteiger partial charge in [0.05, 0.1) is 24.3 Å². The van der Waals surface area contributed by atoms with Crippen LogP contribution >= 0.6 is 0 Å². The number of rotatable bonds is 5. The third-order valence-electron chi connectivity index (χ3n) is 6.28. The molecular formula is C24H23N7O. The lowest BCUT2D eigenvalue weighted by Gasteiger charge is -2.56. The van der Waals surface area contributed by atoms with Crippen LogP contribution in [0.3, 0.4) is 0 Å². The summed E-state index contributed by atoms with van der Waals surface area (Å²) >= 11 is 0. The number of nitrogen functional groups attached to an aromatic ring is 1. The highest BCUT2D eigenvalue weighted by molar-refractivity contribution is 5.87. The Labute approximate surface area is 185 Å². The van der Waals surface area contributed by atoms with Crippen LogP contribution in [0.1, 0.15) is 5.56 Å². The largest absolute Gasteiger partial charge is 0.398 e. The molecule has 0 unspecified atom stereocenters. The Bertz CT molecular complexity index is 1320. The molecule has 0 aliphatic carbocycles. The van der Waals surface area contributed by atoms with E-state index < -0.39 is 0 Å². The van der Waals surface area contributed by atoms with Crippen LogP contribution in [0.15, 0.2) is 61.1 Å². The summed E-state index contributed by atoms with van der Waals surface area (Å²) < 4.78 is 7.31. The van der Waals surface area contributed by atoms with Crippen LogP contribution in [-0.4, -0.2) is 46.9 Å². The van der Waals surface area contributed by atoms with Crippen LogP contribution in [0.25, 0.3) is 16.9 Å². The number of aromatic nitrogens is 3. The molecule has 2 aromatic heterocycles. The fraction of sp³-hybridized carbons (Fsp3) is 0.208. The average Bonchev–Trinajstić information content (AvgIpc) is 3.22. The van der Waals surface area contributed by atoms with Crippen LogP contribution in [0.2, 0.25) is 0 Å². The SMILES string of the molecule is N=Cc1ccc(-c2cn3ccnc3c(Nc3ccc(N4CC5(COC5)C4)cc3)n2)cc1N. The van der Waals surface area contributed by atoms with Gasteiger partial charge in [0.25, 0.3) is 0 Å². The van der Waals surface area contributed by atoms with E-state index >= 15 is 0 Å². The standard InChI is InChI=1S/C24H23N7O/c25-10-17-2-1-16(9-20(17)26)21-11-30-8-7-27-23(30)22(29-21)28-18-3-5-19(6-4-18)31-12-24(13-31)14-32-15-24/h1-11,25H,12-15,26H2,(H,28,29). The van der Waals surface area contributed by atoms with Crippen molar-refractivity contribution in [3.8, 4) is 11.3 Å². The second-order valence-electron chi connectivity index (χ2n) is 8.64. The monoisotopic (exact) mass is 425 g/mol. The molecule has 4 N–H and O–H groups in total. The van der Waals surface area contributed by atoms with Gasteiger partial charge in [-0.15, -0.1) is 0 Å². The summed E-state index contributed by atoms with van der Waals surface area (Å²) in [4.78, 5) is 11.7. The number of hydrogen-bond acceptors (Lipinski definition) is 7. The Morgan fingerprint density at radius 3 is 2.62 bits per heavy atom. The van der Waals surface area contributed by atoms with Crippen molar-refractivity contribution in [2.24, 2.45) is 5.41 Å². The number of benzene rings is 2. The molecular weight excluding hydrogens is 402 g/mol. The number of ether oxygens (including phenoxy) is 1. The molecule has 4 heterocycles. The Kier molecular flexibility index (Phi) is 4.16.